The number of alkyl carbamates (subject to hydrolysis) is 2. The Balaban J connectivity index is 1.32. The van der Waals surface area contributed by atoms with Gasteiger partial charge in [-0.2, -0.15) is 0 Å². The van der Waals surface area contributed by atoms with Crippen LogP contribution >= 0.6 is 0 Å². The second-order valence-corrected chi connectivity index (χ2v) is 17.6. The fraction of sp³-hybridized carbons (Fsp3) is 0.429. The predicted octanol–water partition coefficient (Wildman–Crippen LogP) is 10.5. The highest BCUT2D eigenvalue weighted by Gasteiger charge is 2.33. The Kier molecular flexibility index (Phi) is 10.4. The molecule has 0 fully saturated rings. The molecule has 2 aromatic heterocycles. The lowest BCUT2D eigenvalue weighted by Gasteiger charge is -2.31. The highest BCUT2D eigenvalue weighted by molar-refractivity contribution is 5.90. The lowest BCUT2D eigenvalue weighted by atomic mass is 9.86. The van der Waals surface area contributed by atoms with Crippen LogP contribution in [0.15, 0.2) is 73.1 Å². The van der Waals surface area contributed by atoms with E-state index in [1.807, 2.05) is 47.7 Å². The van der Waals surface area contributed by atoms with Gasteiger partial charge in [-0.1, -0.05) is 90.1 Å². The van der Waals surface area contributed by atoms with Gasteiger partial charge in [0.15, 0.2) is 0 Å². The first-order chi connectivity index (χ1) is 24.1. The minimum Gasteiger partial charge on any atom is -0.444 e. The molecule has 4 N–H and O–H groups in total. The number of ether oxygens (including phenoxy) is 2. The maximum atomic E-state index is 12.6. The van der Waals surface area contributed by atoms with Gasteiger partial charge in [-0.25, -0.2) is 19.6 Å². The Morgan fingerprint density at radius 1 is 0.538 bits per heavy atom. The number of carbonyl (C=O) groups excluding carboxylic acids is 2. The minimum atomic E-state index is -0.596. The summed E-state index contributed by atoms with van der Waals surface area (Å²) in [5, 5.41) is 8.22. The van der Waals surface area contributed by atoms with E-state index in [2.05, 4.69) is 133 Å². The van der Waals surface area contributed by atoms with Crippen molar-refractivity contribution in [2.45, 2.75) is 106 Å². The second kappa shape index (κ2) is 14.1. The third-order valence-corrected chi connectivity index (χ3v) is 8.47. The number of aromatic nitrogens is 4. The summed E-state index contributed by atoms with van der Waals surface area (Å²) < 4.78 is 11.0. The van der Waals surface area contributed by atoms with Gasteiger partial charge in [0, 0.05) is 5.56 Å². The fourth-order valence-corrected chi connectivity index (χ4v) is 5.94. The Morgan fingerprint density at radius 2 is 0.904 bits per heavy atom. The van der Waals surface area contributed by atoms with Gasteiger partial charge in [0.1, 0.15) is 22.9 Å². The summed E-state index contributed by atoms with van der Waals surface area (Å²) in [6.07, 6.45) is 2.66. The molecule has 0 aliphatic rings. The summed E-state index contributed by atoms with van der Waals surface area (Å²) in [5.41, 5.74) is 4.13. The molecule has 0 radical (unpaired) electrons. The zero-order valence-corrected chi connectivity index (χ0v) is 32.6. The van der Waals surface area contributed by atoms with Gasteiger partial charge in [0.25, 0.3) is 0 Å². The average Bonchev–Trinajstić information content (AvgIpc) is 3.70. The van der Waals surface area contributed by atoms with Crippen molar-refractivity contribution in [2.75, 3.05) is 0 Å². The van der Waals surface area contributed by atoms with Crippen molar-refractivity contribution < 1.29 is 19.1 Å². The van der Waals surface area contributed by atoms with Crippen molar-refractivity contribution in [1.29, 1.82) is 0 Å². The van der Waals surface area contributed by atoms with E-state index >= 15 is 0 Å². The molecule has 10 nitrogen and oxygen atoms in total. The van der Waals surface area contributed by atoms with E-state index in [4.69, 9.17) is 9.47 Å². The van der Waals surface area contributed by atoms with Crippen LogP contribution < -0.4 is 10.6 Å². The van der Waals surface area contributed by atoms with Crippen LogP contribution in [-0.2, 0) is 9.47 Å². The Morgan fingerprint density at radius 3 is 1.33 bits per heavy atom. The first kappa shape index (κ1) is 38.1. The summed E-state index contributed by atoms with van der Waals surface area (Å²) >= 11 is 0. The molecule has 5 rings (SSSR count). The number of fused-ring (bicyclic) bond motifs is 1. The summed E-state index contributed by atoms with van der Waals surface area (Å²) in [5.74, 6) is 1.34. The molecule has 0 saturated carbocycles. The molecule has 5 aromatic rings. The SMILES string of the molecule is CC(C)(C)OC(=O)NC(c1ncc(-c2ccc(-c3ccc4cc(-c5cnc([C@@H](NC(=O)OC(C)(C)C)C(C)(C)C)[nH]5)ccc4c3)cc2)[nH]1)C(C)(C)C. The maximum absolute atomic E-state index is 12.6. The highest BCUT2D eigenvalue weighted by Crippen LogP contribution is 2.35. The summed E-state index contributed by atoms with van der Waals surface area (Å²) in [6.45, 7) is 23.4. The van der Waals surface area contributed by atoms with Crippen LogP contribution in [0.4, 0.5) is 9.59 Å². The van der Waals surface area contributed by atoms with Crippen molar-refractivity contribution in [3.8, 4) is 33.6 Å². The molecule has 1 unspecified atom stereocenters. The van der Waals surface area contributed by atoms with Crippen molar-refractivity contribution in [3.05, 3.63) is 84.7 Å². The van der Waals surface area contributed by atoms with Gasteiger partial charge < -0.3 is 30.1 Å². The molecule has 0 saturated heterocycles. The molecule has 0 aliphatic carbocycles. The average molecular weight is 707 g/mol. The maximum Gasteiger partial charge on any atom is 0.408 e. The van der Waals surface area contributed by atoms with Gasteiger partial charge >= 0.3 is 12.2 Å². The monoisotopic (exact) mass is 706 g/mol. The van der Waals surface area contributed by atoms with Gasteiger partial charge in [0.2, 0.25) is 0 Å². The highest BCUT2D eigenvalue weighted by atomic mass is 16.6. The van der Waals surface area contributed by atoms with Crippen LogP contribution in [0.25, 0.3) is 44.4 Å². The van der Waals surface area contributed by atoms with Gasteiger partial charge in [0.05, 0.1) is 35.9 Å². The molecule has 2 heterocycles. The lowest BCUT2D eigenvalue weighted by molar-refractivity contribution is 0.0448. The van der Waals surface area contributed by atoms with Crippen LogP contribution in [0.1, 0.15) is 107 Å². The first-order valence-electron chi connectivity index (χ1n) is 17.8. The van der Waals surface area contributed by atoms with Crippen LogP contribution in [0.2, 0.25) is 0 Å². The largest absolute Gasteiger partial charge is 0.444 e. The number of H-pyrrole nitrogens is 2. The smallest absolute Gasteiger partial charge is 0.408 e. The molecule has 10 heteroatoms. The number of nitrogens with one attached hydrogen (secondary N) is 4. The number of benzene rings is 3. The number of imidazole rings is 2. The van der Waals surface area contributed by atoms with E-state index in [9.17, 15) is 9.59 Å². The second-order valence-electron chi connectivity index (χ2n) is 17.6. The lowest BCUT2D eigenvalue weighted by Crippen LogP contribution is -2.40. The molecule has 52 heavy (non-hydrogen) atoms. The molecule has 0 spiro atoms. The van der Waals surface area contributed by atoms with Gasteiger partial charge in [-0.05, 0) is 92.0 Å². The third-order valence-electron chi connectivity index (χ3n) is 8.47. The number of nitrogens with zero attached hydrogens (tertiary/aromatic N) is 2. The molecule has 0 aliphatic heterocycles. The minimum absolute atomic E-state index is 0.302. The van der Waals surface area contributed by atoms with Crippen LogP contribution in [0, 0.1) is 10.8 Å². The Hall–Kier alpha value is -5.12. The summed E-state index contributed by atoms with van der Waals surface area (Å²) in [7, 11) is 0. The van der Waals surface area contributed by atoms with Crippen LogP contribution in [0.5, 0.6) is 0 Å². The zero-order chi connectivity index (χ0) is 38.2. The van der Waals surface area contributed by atoms with E-state index in [1.165, 1.54) is 0 Å². The zero-order valence-electron chi connectivity index (χ0n) is 32.6. The van der Waals surface area contributed by atoms with Gasteiger partial charge in [-0.3, -0.25) is 0 Å². The Bertz CT molecular complexity index is 2030. The molecular formula is C42H54N6O4. The topological polar surface area (TPSA) is 134 Å². The molecule has 3 aromatic carbocycles. The van der Waals surface area contributed by atoms with E-state index < -0.39 is 23.4 Å². The van der Waals surface area contributed by atoms with E-state index in [1.54, 1.807) is 6.20 Å². The number of carbonyl (C=O) groups is 2. The predicted molar refractivity (Wildman–Crippen MR) is 208 cm³/mol. The van der Waals surface area contributed by atoms with Crippen molar-refractivity contribution in [2.24, 2.45) is 10.8 Å². The van der Waals surface area contributed by atoms with Crippen molar-refractivity contribution in [3.63, 3.8) is 0 Å². The Labute approximate surface area is 307 Å². The van der Waals surface area contributed by atoms with Gasteiger partial charge in [-0.15, -0.1) is 0 Å². The molecule has 2 atom stereocenters. The summed E-state index contributed by atoms with van der Waals surface area (Å²) in [6, 6.07) is 20.4. The fourth-order valence-electron chi connectivity index (χ4n) is 5.94. The van der Waals surface area contributed by atoms with E-state index in [0.717, 1.165) is 44.4 Å². The number of aromatic amines is 2. The van der Waals surface area contributed by atoms with Crippen molar-refractivity contribution in [1.82, 2.24) is 30.6 Å². The first-order valence-corrected chi connectivity index (χ1v) is 17.8. The van der Waals surface area contributed by atoms with Crippen LogP contribution in [0.3, 0.4) is 0 Å². The number of amides is 2. The standard InChI is InChI=1S/C42H54N6O4/c1-39(2,3)33(47-37(49)51-41(7,8)9)35-43-23-31(45-35)26-15-13-25(14-16-26)27-17-18-29-22-30(20-19-28(29)21-27)32-24-44-36(46-32)34(40(4,5)6)48-38(50)52-42(10,11)12/h13-24,33-34H,1-12H3,(H,43,45)(H,44,46)(H,47,49)(H,48,50)/t33?,34-/m1/s1. The molecule has 2 amide bonds. The number of hydrogen-bond donors (Lipinski definition) is 4. The molecular weight excluding hydrogens is 652 g/mol. The van der Waals surface area contributed by atoms with Crippen molar-refractivity contribution >= 4 is 23.0 Å². The number of rotatable bonds is 7. The van der Waals surface area contributed by atoms with E-state index in [0.29, 0.717) is 11.6 Å². The normalized spacial score (nSPS) is 13.8. The van der Waals surface area contributed by atoms with Crippen LogP contribution in [-0.4, -0.2) is 43.3 Å². The third kappa shape index (κ3) is 9.60. The molecule has 276 valence electrons. The summed E-state index contributed by atoms with van der Waals surface area (Å²) in [4.78, 5) is 41.4. The van der Waals surface area contributed by atoms with E-state index in [-0.39, 0.29) is 22.9 Å². The molecule has 0 bridgehead atoms. The quantitative estimate of drug-likeness (QED) is 0.133. The number of hydrogen-bond acceptors (Lipinski definition) is 6.